The minimum atomic E-state index is -1.60. The highest BCUT2D eigenvalue weighted by Crippen LogP contribution is 2.34. The Balaban J connectivity index is 1.62. The number of aryl methyl sites for hydroxylation is 1. The van der Waals surface area contributed by atoms with Gasteiger partial charge in [0.05, 0.1) is 5.39 Å². The van der Waals surface area contributed by atoms with Gasteiger partial charge >= 0.3 is 0 Å². The van der Waals surface area contributed by atoms with Gasteiger partial charge in [-0.3, -0.25) is 4.79 Å². The first kappa shape index (κ1) is 19.5. The number of hydrogen-bond acceptors (Lipinski definition) is 5. The predicted octanol–water partition coefficient (Wildman–Crippen LogP) is 3.17. The summed E-state index contributed by atoms with van der Waals surface area (Å²) in [5, 5.41) is 13.1. The molecule has 30 heavy (non-hydrogen) atoms. The van der Waals surface area contributed by atoms with Crippen LogP contribution in [0.4, 0.5) is 20.3 Å². The third-order valence-electron chi connectivity index (χ3n) is 4.72. The van der Waals surface area contributed by atoms with E-state index in [1.54, 1.807) is 17.8 Å². The van der Waals surface area contributed by atoms with Crippen LogP contribution in [-0.4, -0.2) is 25.5 Å². The Morgan fingerprint density at radius 1 is 1.17 bits per heavy atom. The van der Waals surface area contributed by atoms with Gasteiger partial charge in [-0.25, -0.2) is 18.7 Å². The molecule has 0 aliphatic rings. The highest BCUT2D eigenvalue weighted by molar-refractivity contribution is 6.01. The van der Waals surface area contributed by atoms with Gasteiger partial charge in [0, 0.05) is 30.1 Å². The molecule has 0 aliphatic carbocycles. The van der Waals surface area contributed by atoms with Crippen molar-refractivity contribution in [3.05, 3.63) is 72.2 Å². The molecule has 152 valence electrons. The number of nitrogens with one attached hydrogen (secondary N) is 1. The summed E-state index contributed by atoms with van der Waals surface area (Å²) in [4.78, 5) is 20.4. The number of rotatable bonds is 4. The maximum Gasteiger partial charge on any atom is 0.257 e. The van der Waals surface area contributed by atoms with Crippen LogP contribution in [0.25, 0.3) is 22.2 Å². The standard InChI is InChI=1S/C21H17F2N5O2/c1-28-9-15(17-19(24)25-10-26-20(17)28)14-6-5-13(8-16(14)23)27-21(30)18(29)11-3-2-4-12(22)7-11/h2-10,18,29H,1H3,(H,27,30)(H2,24,25,26). The first-order chi connectivity index (χ1) is 14.3. The summed E-state index contributed by atoms with van der Waals surface area (Å²) in [5.74, 6) is -1.77. The highest BCUT2D eigenvalue weighted by Gasteiger charge is 2.20. The molecule has 7 nitrogen and oxygen atoms in total. The molecule has 0 spiro atoms. The third kappa shape index (κ3) is 3.46. The first-order valence-corrected chi connectivity index (χ1v) is 8.95. The van der Waals surface area contributed by atoms with E-state index in [2.05, 4.69) is 15.3 Å². The van der Waals surface area contributed by atoms with E-state index in [0.29, 0.717) is 16.6 Å². The molecular formula is C21H17F2N5O2. The van der Waals surface area contributed by atoms with Gasteiger partial charge in [-0.2, -0.15) is 0 Å². The summed E-state index contributed by atoms with van der Waals surface area (Å²) < 4.78 is 29.9. The Bertz CT molecular complexity index is 1270. The molecule has 2 heterocycles. The summed E-state index contributed by atoms with van der Waals surface area (Å²) in [7, 11) is 1.76. The van der Waals surface area contributed by atoms with Gasteiger partial charge in [-0.05, 0) is 35.9 Å². The van der Waals surface area contributed by atoms with E-state index >= 15 is 0 Å². The Morgan fingerprint density at radius 3 is 2.70 bits per heavy atom. The number of nitrogens with zero attached hydrogens (tertiary/aromatic N) is 3. The second-order valence-corrected chi connectivity index (χ2v) is 6.75. The van der Waals surface area contributed by atoms with Gasteiger partial charge in [0.15, 0.2) is 6.10 Å². The summed E-state index contributed by atoms with van der Waals surface area (Å²) in [6.45, 7) is 0. The maximum absolute atomic E-state index is 14.9. The number of carbonyl (C=O) groups excluding carboxylic acids is 1. The Morgan fingerprint density at radius 2 is 1.97 bits per heavy atom. The number of aliphatic hydroxyl groups excluding tert-OH is 1. The molecule has 1 unspecified atom stereocenters. The number of benzene rings is 2. The SMILES string of the molecule is Cn1cc(-c2ccc(NC(=O)C(O)c3cccc(F)c3)cc2F)c2c(N)ncnc21. The zero-order chi connectivity index (χ0) is 21.4. The summed E-state index contributed by atoms with van der Waals surface area (Å²) in [5.41, 5.74) is 7.52. The van der Waals surface area contributed by atoms with Crippen molar-refractivity contribution in [2.24, 2.45) is 7.05 Å². The van der Waals surface area contributed by atoms with E-state index in [4.69, 9.17) is 5.73 Å². The van der Waals surface area contributed by atoms with Crippen LogP contribution in [0.15, 0.2) is 55.0 Å². The second kappa shape index (κ2) is 7.53. The molecule has 0 saturated heterocycles. The number of hydrogen-bond donors (Lipinski definition) is 3. The molecule has 1 atom stereocenters. The van der Waals surface area contributed by atoms with Crippen molar-refractivity contribution in [2.75, 3.05) is 11.1 Å². The van der Waals surface area contributed by atoms with Crippen LogP contribution >= 0.6 is 0 Å². The Kier molecular flexibility index (Phi) is 4.88. The minimum absolute atomic E-state index is 0.0934. The number of fused-ring (bicyclic) bond motifs is 1. The van der Waals surface area contributed by atoms with Crippen LogP contribution in [-0.2, 0) is 11.8 Å². The molecule has 0 radical (unpaired) electrons. The predicted molar refractivity (Wildman–Crippen MR) is 108 cm³/mol. The van der Waals surface area contributed by atoms with Crippen LogP contribution in [0.5, 0.6) is 0 Å². The first-order valence-electron chi connectivity index (χ1n) is 8.95. The molecule has 0 fully saturated rings. The van der Waals surface area contributed by atoms with Gasteiger partial charge < -0.3 is 20.7 Å². The number of amides is 1. The lowest BCUT2D eigenvalue weighted by atomic mass is 10.0. The van der Waals surface area contributed by atoms with E-state index in [0.717, 1.165) is 12.1 Å². The van der Waals surface area contributed by atoms with Crippen LogP contribution in [0, 0.1) is 11.6 Å². The number of aromatic nitrogens is 3. The van der Waals surface area contributed by atoms with Gasteiger partial charge in [0.1, 0.15) is 29.4 Å². The molecule has 0 aliphatic heterocycles. The topological polar surface area (TPSA) is 106 Å². The van der Waals surface area contributed by atoms with Crippen molar-refractivity contribution in [1.82, 2.24) is 14.5 Å². The van der Waals surface area contributed by atoms with Gasteiger partial charge in [-0.15, -0.1) is 0 Å². The normalized spacial score (nSPS) is 12.1. The fraction of sp³-hybridized carbons (Fsp3) is 0.0952. The zero-order valence-electron chi connectivity index (χ0n) is 15.8. The van der Waals surface area contributed by atoms with Crippen molar-refractivity contribution in [1.29, 1.82) is 0 Å². The largest absolute Gasteiger partial charge is 0.383 e. The average molecular weight is 409 g/mol. The van der Waals surface area contributed by atoms with E-state index in [9.17, 15) is 18.7 Å². The van der Waals surface area contributed by atoms with Crippen molar-refractivity contribution in [2.45, 2.75) is 6.10 Å². The van der Waals surface area contributed by atoms with E-state index in [-0.39, 0.29) is 22.6 Å². The number of halogens is 2. The Hall–Kier alpha value is -3.85. The number of nitrogens with two attached hydrogens (primary N) is 1. The van der Waals surface area contributed by atoms with Gasteiger partial charge in [0.2, 0.25) is 0 Å². The lowest BCUT2D eigenvalue weighted by Crippen LogP contribution is -2.21. The van der Waals surface area contributed by atoms with Gasteiger partial charge in [0.25, 0.3) is 5.91 Å². The number of nitrogen functional groups attached to an aromatic ring is 1. The maximum atomic E-state index is 14.9. The quantitative estimate of drug-likeness (QED) is 0.480. The molecule has 0 bridgehead atoms. The number of anilines is 2. The third-order valence-corrected chi connectivity index (χ3v) is 4.72. The number of carbonyl (C=O) groups is 1. The van der Waals surface area contributed by atoms with Crippen LogP contribution in [0.1, 0.15) is 11.7 Å². The molecule has 2 aromatic carbocycles. The summed E-state index contributed by atoms with van der Waals surface area (Å²) in [6, 6.07) is 9.17. The molecule has 4 N–H and O–H groups in total. The van der Waals surface area contributed by atoms with E-state index in [1.807, 2.05) is 0 Å². The van der Waals surface area contributed by atoms with Crippen molar-refractivity contribution in [3.8, 4) is 11.1 Å². The van der Waals surface area contributed by atoms with Crippen molar-refractivity contribution >= 4 is 28.4 Å². The molecule has 4 aromatic rings. The molecule has 9 heteroatoms. The van der Waals surface area contributed by atoms with E-state index in [1.165, 1.54) is 36.7 Å². The molecule has 4 rings (SSSR count). The van der Waals surface area contributed by atoms with E-state index < -0.39 is 23.6 Å². The average Bonchev–Trinajstić information content (AvgIpc) is 3.05. The minimum Gasteiger partial charge on any atom is -0.383 e. The van der Waals surface area contributed by atoms with Gasteiger partial charge in [-0.1, -0.05) is 12.1 Å². The fourth-order valence-corrected chi connectivity index (χ4v) is 3.29. The second-order valence-electron chi connectivity index (χ2n) is 6.75. The molecule has 2 aromatic heterocycles. The fourth-order valence-electron chi connectivity index (χ4n) is 3.29. The molecular weight excluding hydrogens is 392 g/mol. The van der Waals surface area contributed by atoms with Crippen molar-refractivity contribution < 1.29 is 18.7 Å². The van der Waals surface area contributed by atoms with Crippen LogP contribution in [0.3, 0.4) is 0 Å². The zero-order valence-corrected chi connectivity index (χ0v) is 15.8. The monoisotopic (exact) mass is 409 g/mol. The van der Waals surface area contributed by atoms with Crippen LogP contribution in [0.2, 0.25) is 0 Å². The number of aliphatic hydroxyl groups is 1. The summed E-state index contributed by atoms with van der Waals surface area (Å²) >= 11 is 0. The van der Waals surface area contributed by atoms with Crippen molar-refractivity contribution in [3.63, 3.8) is 0 Å². The summed E-state index contributed by atoms with van der Waals surface area (Å²) in [6.07, 6.45) is 1.43. The lowest BCUT2D eigenvalue weighted by molar-refractivity contribution is -0.124. The van der Waals surface area contributed by atoms with Crippen LogP contribution < -0.4 is 11.1 Å². The lowest BCUT2D eigenvalue weighted by Gasteiger charge is -2.13. The highest BCUT2D eigenvalue weighted by atomic mass is 19.1. The smallest absolute Gasteiger partial charge is 0.257 e. The molecule has 0 saturated carbocycles. The molecule has 1 amide bonds. The Labute approximate surface area is 169 Å².